The molecule has 21 heavy (non-hydrogen) atoms. The summed E-state index contributed by atoms with van der Waals surface area (Å²) in [5.74, 6) is -0.818. The van der Waals surface area contributed by atoms with Crippen molar-refractivity contribution in [3.8, 4) is 0 Å². The third-order valence-electron chi connectivity index (χ3n) is 2.35. The number of nitrogens with zero attached hydrogens (tertiary/aromatic N) is 1. The lowest BCUT2D eigenvalue weighted by Gasteiger charge is -2.09. The molecule has 0 aliphatic carbocycles. The summed E-state index contributed by atoms with van der Waals surface area (Å²) >= 11 is 9.92. The molecule has 1 aromatic heterocycles. The summed E-state index contributed by atoms with van der Waals surface area (Å²) in [5.41, 5.74) is 1.26. The first-order chi connectivity index (χ1) is 9.86. The van der Waals surface area contributed by atoms with Crippen molar-refractivity contribution in [2.24, 2.45) is 0 Å². The Morgan fingerprint density at radius 3 is 2.86 bits per heavy atom. The molecule has 1 aromatic carbocycles. The fourth-order valence-electron chi connectivity index (χ4n) is 1.43. The van der Waals surface area contributed by atoms with Gasteiger partial charge in [-0.25, -0.2) is 18.2 Å². The highest BCUT2D eigenvalue weighted by Crippen LogP contribution is 2.32. The summed E-state index contributed by atoms with van der Waals surface area (Å²) in [6.07, 6.45) is 0. The van der Waals surface area contributed by atoms with E-state index >= 15 is 0 Å². The molecule has 6 nitrogen and oxygen atoms in total. The van der Waals surface area contributed by atoms with Gasteiger partial charge in [0.1, 0.15) is 0 Å². The summed E-state index contributed by atoms with van der Waals surface area (Å²) in [4.78, 5) is 15.2. The van der Waals surface area contributed by atoms with Crippen molar-refractivity contribution in [1.29, 1.82) is 0 Å². The van der Waals surface area contributed by atoms with Crippen molar-refractivity contribution in [3.05, 3.63) is 38.9 Å². The molecule has 0 aliphatic rings. The minimum Gasteiger partial charge on any atom is -0.464 e. The number of anilines is 1. The van der Waals surface area contributed by atoms with E-state index in [9.17, 15) is 13.2 Å². The quantitative estimate of drug-likeness (QED) is 0.781. The minimum atomic E-state index is -3.98. The number of hydrogen-bond donors (Lipinski definition) is 1. The van der Waals surface area contributed by atoms with Crippen LogP contribution in [0, 0.1) is 0 Å². The molecule has 112 valence electrons. The molecule has 0 atom stereocenters. The largest absolute Gasteiger partial charge is 0.464 e. The first-order valence-electron chi connectivity index (χ1n) is 5.35. The van der Waals surface area contributed by atoms with Crippen molar-refractivity contribution in [1.82, 2.24) is 4.98 Å². The second-order valence-electron chi connectivity index (χ2n) is 3.69. The number of aromatic nitrogens is 1. The molecule has 0 unspecified atom stereocenters. The summed E-state index contributed by atoms with van der Waals surface area (Å²) in [6.45, 7) is 0. The lowest BCUT2D eigenvalue weighted by Crippen LogP contribution is -2.16. The van der Waals surface area contributed by atoms with Crippen LogP contribution in [-0.2, 0) is 14.8 Å². The highest BCUT2D eigenvalue weighted by molar-refractivity contribution is 9.10. The standard InChI is InChI=1S/C11H8BrClN2O4S2/c1-19-10(16)9-11(20-5-14-9)21(17,18)15-7-4-2-3-6(13)8(7)12/h2-5,15H,1H3. The van der Waals surface area contributed by atoms with Crippen molar-refractivity contribution in [2.45, 2.75) is 4.21 Å². The van der Waals surface area contributed by atoms with Gasteiger partial charge in [0.2, 0.25) is 0 Å². The lowest BCUT2D eigenvalue weighted by molar-refractivity contribution is 0.0590. The summed E-state index contributed by atoms with van der Waals surface area (Å²) < 4.78 is 31.7. The molecule has 0 radical (unpaired) electrons. The van der Waals surface area contributed by atoms with E-state index in [4.69, 9.17) is 11.6 Å². The van der Waals surface area contributed by atoms with Crippen molar-refractivity contribution < 1.29 is 17.9 Å². The smallest absolute Gasteiger partial charge is 0.358 e. The zero-order valence-corrected chi connectivity index (χ0v) is 14.4. The van der Waals surface area contributed by atoms with E-state index in [1.165, 1.54) is 11.6 Å². The third kappa shape index (κ3) is 3.37. The molecule has 10 heteroatoms. The molecule has 0 bridgehead atoms. The second kappa shape index (κ2) is 6.30. The second-order valence-corrected chi connectivity index (χ2v) is 7.62. The highest BCUT2D eigenvalue weighted by Gasteiger charge is 2.27. The summed E-state index contributed by atoms with van der Waals surface area (Å²) in [6, 6.07) is 4.74. The van der Waals surface area contributed by atoms with Crippen LogP contribution >= 0.6 is 38.9 Å². The maximum atomic E-state index is 12.4. The van der Waals surface area contributed by atoms with Crippen LogP contribution in [0.5, 0.6) is 0 Å². The van der Waals surface area contributed by atoms with Gasteiger partial charge in [0.15, 0.2) is 9.90 Å². The monoisotopic (exact) mass is 410 g/mol. The minimum absolute atomic E-state index is 0.221. The number of carbonyl (C=O) groups excluding carboxylic acids is 1. The van der Waals surface area contributed by atoms with Gasteiger partial charge in [-0.15, -0.1) is 11.3 Å². The van der Waals surface area contributed by atoms with E-state index in [2.05, 4.69) is 30.4 Å². The predicted octanol–water partition coefficient (Wildman–Crippen LogP) is 3.15. The molecule has 0 saturated carbocycles. The van der Waals surface area contributed by atoms with Gasteiger partial charge in [-0.1, -0.05) is 17.7 Å². The van der Waals surface area contributed by atoms with Crippen LogP contribution in [0.4, 0.5) is 5.69 Å². The topological polar surface area (TPSA) is 85.4 Å². The number of hydrogen-bond acceptors (Lipinski definition) is 6. The Kier molecular flexibility index (Phi) is 4.87. The molecule has 0 spiro atoms. The molecule has 2 rings (SSSR count). The zero-order valence-electron chi connectivity index (χ0n) is 10.5. The number of esters is 1. The Morgan fingerprint density at radius 2 is 2.19 bits per heavy atom. The fraction of sp³-hybridized carbons (Fsp3) is 0.0909. The van der Waals surface area contributed by atoms with Gasteiger partial charge in [0.05, 0.1) is 27.8 Å². The average Bonchev–Trinajstić information content (AvgIpc) is 2.93. The van der Waals surface area contributed by atoms with Gasteiger partial charge in [-0.05, 0) is 28.1 Å². The number of nitrogens with one attached hydrogen (secondary N) is 1. The first kappa shape index (κ1) is 16.2. The van der Waals surface area contributed by atoms with Crippen molar-refractivity contribution in [3.63, 3.8) is 0 Å². The number of ether oxygens (including phenoxy) is 1. The third-order valence-corrected chi connectivity index (χ3v) is 6.49. The van der Waals surface area contributed by atoms with Crippen molar-refractivity contribution >= 4 is 60.5 Å². The number of methoxy groups -OCH3 is 1. The Bertz CT molecular complexity index is 791. The molecule has 0 aliphatic heterocycles. The van der Waals surface area contributed by atoms with E-state index in [1.807, 2.05) is 0 Å². The first-order valence-corrected chi connectivity index (χ1v) is 8.89. The zero-order chi connectivity index (χ0) is 15.6. The van der Waals surface area contributed by atoms with Crippen LogP contribution < -0.4 is 4.72 Å². The Hall–Kier alpha value is -1.16. The molecule has 1 N–H and O–H groups in total. The van der Waals surface area contributed by atoms with Crippen LogP contribution in [0.3, 0.4) is 0 Å². The number of thiazole rings is 1. The predicted molar refractivity (Wildman–Crippen MR) is 83.4 cm³/mol. The average molecular weight is 412 g/mol. The normalized spacial score (nSPS) is 11.2. The fourth-order valence-corrected chi connectivity index (χ4v) is 4.31. The Balaban J connectivity index is 2.42. The van der Waals surface area contributed by atoms with Gasteiger partial charge < -0.3 is 4.74 Å². The number of carbonyl (C=O) groups is 1. The van der Waals surface area contributed by atoms with Crippen LogP contribution in [0.1, 0.15) is 10.5 Å². The van der Waals surface area contributed by atoms with Crippen LogP contribution in [-0.4, -0.2) is 26.5 Å². The molecule has 0 fully saturated rings. The van der Waals surface area contributed by atoms with Gasteiger partial charge >= 0.3 is 5.97 Å². The van der Waals surface area contributed by atoms with Crippen molar-refractivity contribution in [2.75, 3.05) is 11.8 Å². The van der Waals surface area contributed by atoms with Crippen LogP contribution in [0.2, 0.25) is 5.02 Å². The van der Waals surface area contributed by atoms with Gasteiger partial charge in [0.25, 0.3) is 10.0 Å². The summed E-state index contributed by atoms with van der Waals surface area (Å²) in [5, 5.41) is 0.354. The molecule has 0 saturated heterocycles. The maximum absolute atomic E-state index is 12.4. The Labute approximate surface area is 138 Å². The highest BCUT2D eigenvalue weighted by atomic mass is 79.9. The van der Waals surface area contributed by atoms with Gasteiger partial charge in [-0.2, -0.15) is 0 Å². The van der Waals surface area contributed by atoms with Gasteiger partial charge in [0, 0.05) is 0 Å². The van der Waals surface area contributed by atoms with Crippen LogP contribution in [0.15, 0.2) is 32.4 Å². The SMILES string of the molecule is COC(=O)c1ncsc1S(=O)(=O)Nc1cccc(Cl)c1Br. The maximum Gasteiger partial charge on any atom is 0.358 e. The van der Waals surface area contributed by atoms with Crippen LogP contribution in [0.25, 0.3) is 0 Å². The molecule has 0 amide bonds. The molecule has 2 aromatic rings. The molecule has 1 heterocycles. The number of halogens is 2. The number of benzene rings is 1. The number of rotatable bonds is 4. The Morgan fingerprint density at radius 1 is 1.48 bits per heavy atom. The van der Waals surface area contributed by atoms with E-state index in [1.54, 1.807) is 12.1 Å². The molecular weight excluding hydrogens is 404 g/mol. The van der Waals surface area contributed by atoms with Gasteiger partial charge in [-0.3, -0.25) is 4.72 Å². The summed E-state index contributed by atoms with van der Waals surface area (Å²) in [7, 11) is -2.83. The van der Waals surface area contributed by atoms with E-state index < -0.39 is 16.0 Å². The van der Waals surface area contributed by atoms with E-state index in [-0.39, 0.29) is 15.6 Å². The number of sulfonamides is 1. The van der Waals surface area contributed by atoms with E-state index in [0.29, 0.717) is 9.50 Å². The molecular formula is C11H8BrClN2O4S2. The van der Waals surface area contributed by atoms with E-state index in [0.717, 1.165) is 18.4 Å². The lowest BCUT2D eigenvalue weighted by atomic mass is 10.3.